The van der Waals surface area contributed by atoms with Gasteiger partial charge in [0.1, 0.15) is 12.6 Å². The van der Waals surface area contributed by atoms with Gasteiger partial charge in [0, 0.05) is 0 Å². The topological polar surface area (TPSA) is 20.2 Å². The molecule has 0 spiro atoms. The third kappa shape index (κ3) is 3.28. The van der Waals surface area contributed by atoms with Crippen molar-refractivity contribution in [3.05, 3.63) is 0 Å². The summed E-state index contributed by atoms with van der Waals surface area (Å²) in [5.74, 6) is 0. The highest BCUT2D eigenvalue weighted by Crippen LogP contribution is 2.25. The zero-order valence-electron chi connectivity index (χ0n) is 9.29. The van der Waals surface area contributed by atoms with Gasteiger partial charge in [0.15, 0.2) is 0 Å². The Bertz CT molecular complexity index is 148. The fraction of sp³-hybridized carbons (Fsp3) is 1.00. The third-order valence-electron chi connectivity index (χ3n) is 3.30. The molecule has 1 saturated carbocycles. The van der Waals surface area contributed by atoms with Crippen molar-refractivity contribution >= 4 is 0 Å². The van der Waals surface area contributed by atoms with Gasteiger partial charge in [-0.2, -0.15) is 0 Å². The first-order valence-electron chi connectivity index (χ1n) is 5.53. The number of quaternary nitrogens is 1. The first kappa shape index (κ1) is 11.0. The Kier molecular flexibility index (Phi) is 3.74. The smallest absolute Gasteiger partial charge is 0.104 e. The van der Waals surface area contributed by atoms with Crippen molar-refractivity contribution in [3.8, 4) is 0 Å². The second kappa shape index (κ2) is 4.43. The van der Waals surface area contributed by atoms with Crippen LogP contribution < -0.4 is 0 Å². The van der Waals surface area contributed by atoms with Gasteiger partial charge in [0.05, 0.1) is 20.1 Å². The second-order valence-corrected chi connectivity index (χ2v) is 5.10. The van der Waals surface area contributed by atoms with E-state index in [0.717, 1.165) is 17.1 Å². The standard InChI is InChI=1S/C11H24NO/c1-10(13)9-12(2,3)11-7-5-4-6-8-11/h10-11,13H,4-9H2,1-3H3/q+1. The molecular weight excluding hydrogens is 162 g/mol. The Hall–Kier alpha value is -0.0800. The molecular formula is C11H24NO+. The molecule has 0 aliphatic heterocycles. The van der Waals surface area contributed by atoms with E-state index in [1.54, 1.807) is 0 Å². The minimum Gasteiger partial charge on any atom is -0.388 e. The first-order chi connectivity index (χ1) is 6.02. The molecule has 0 bridgehead atoms. The quantitative estimate of drug-likeness (QED) is 0.666. The summed E-state index contributed by atoms with van der Waals surface area (Å²) in [6.45, 7) is 2.79. The van der Waals surface area contributed by atoms with Crippen LogP contribution >= 0.6 is 0 Å². The molecule has 78 valence electrons. The summed E-state index contributed by atoms with van der Waals surface area (Å²) in [6, 6.07) is 0.781. The Morgan fingerprint density at radius 3 is 2.23 bits per heavy atom. The van der Waals surface area contributed by atoms with Crippen molar-refractivity contribution in [2.24, 2.45) is 0 Å². The molecule has 0 heterocycles. The summed E-state index contributed by atoms with van der Waals surface area (Å²) in [7, 11) is 4.51. The van der Waals surface area contributed by atoms with E-state index in [4.69, 9.17) is 0 Å². The monoisotopic (exact) mass is 186 g/mol. The van der Waals surface area contributed by atoms with E-state index >= 15 is 0 Å². The summed E-state index contributed by atoms with van der Waals surface area (Å²) >= 11 is 0. The van der Waals surface area contributed by atoms with Crippen molar-refractivity contribution < 1.29 is 9.59 Å². The van der Waals surface area contributed by atoms with E-state index in [9.17, 15) is 5.11 Å². The van der Waals surface area contributed by atoms with Crippen LogP contribution in [0, 0.1) is 0 Å². The van der Waals surface area contributed by atoms with E-state index in [1.165, 1.54) is 32.1 Å². The van der Waals surface area contributed by atoms with Crippen LogP contribution in [0.2, 0.25) is 0 Å². The average molecular weight is 186 g/mol. The van der Waals surface area contributed by atoms with Crippen LogP contribution in [0.25, 0.3) is 0 Å². The molecule has 0 saturated heterocycles. The highest BCUT2D eigenvalue weighted by atomic mass is 16.3. The molecule has 1 N–H and O–H groups in total. The zero-order valence-corrected chi connectivity index (χ0v) is 9.29. The molecule has 13 heavy (non-hydrogen) atoms. The fourth-order valence-electron chi connectivity index (χ4n) is 2.61. The van der Waals surface area contributed by atoms with Crippen molar-refractivity contribution in [1.29, 1.82) is 0 Å². The number of hydrogen-bond acceptors (Lipinski definition) is 1. The molecule has 0 radical (unpaired) electrons. The number of rotatable bonds is 3. The van der Waals surface area contributed by atoms with Gasteiger partial charge < -0.3 is 9.59 Å². The van der Waals surface area contributed by atoms with Gasteiger partial charge in [-0.1, -0.05) is 6.42 Å². The van der Waals surface area contributed by atoms with Crippen LogP contribution in [0.15, 0.2) is 0 Å². The minimum atomic E-state index is -0.170. The predicted octanol–water partition coefficient (Wildman–Crippen LogP) is 1.78. The lowest BCUT2D eigenvalue weighted by atomic mass is 9.93. The van der Waals surface area contributed by atoms with Gasteiger partial charge in [0.25, 0.3) is 0 Å². The van der Waals surface area contributed by atoms with E-state index in [0.29, 0.717) is 0 Å². The number of hydrogen-bond donors (Lipinski definition) is 1. The maximum Gasteiger partial charge on any atom is 0.104 e. The van der Waals surface area contributed by atoms with Crippen LogP contribution in [0.1, 0.15) is 39.0 Å². The second-order valence-electron chi connectivity index (χ2n) is 5.10. The maximum absolute atomic E-state index is 9.40. The lowest BCUT2D eigenvalue weighted by Crippen LogP contribution is -2.52. The molecule has 1 atom stereocenters. The number of aliphatic hydroxyl groups is 1. The van der Waals surface area contributed by atoms with Crippen molar-refractivity contribution in [2.75, 3.05) is 20.6 Å². The summed E-state index contributed by atoms with van der Waals surface area (Å²) in [4.78, 5) is 0. The SMILES string of the molecule is CC(O)C[N+](C)(C)C1CCCCC1. The molecule has 1 fully saturated rings. The molecule has 0 aromatic rings. The normalized spacial score (nSPS) is 23.1. The number of nitrogens with zero attached hydrogens (tertiary/aromatic N) is 1. The Morgan fingerprint density at radius 2 is 1.77 bits per heavy atom. The third-order valence-corrected chi connectivity index (χ3v) is 3.30. The molecule has 0 aromatic heterocycles. The van der Waals surface area contributed by atoms with E-state index in [2.05, 4.69) is 14.1 Å². The molecule has 1 unspecified atom stereocenters. The van der Waals surface area contributed by atoms with Crippen LogP contribution in [-0.2, 0) is 0 Å². The van der Waals surface area contributed by atoms with Gasteiger partial charge in [0.2, 0.25) is 0 Å². The number of aliphatic hydroxyl groups excluding tert-OH is 1. The molecule has 0 aromatic carbocycles. The van der Waals surface area contributed by atoms with Gasteiger partial charge in [-0.3, -0.25) is 0 Å². The zero-order chi connectivity index (χ0) is 9.90. The van der Waals surface area contributed by atoms with Crippen LogP contribution in [0.3, 0.4) is 0 Å². The largest absolute Gasteiger partial charge is 0.388 e. The Labute approximate surface area is 82.1 Å². The Morgan fingerprint density at radius 1 is 1.23 bits per heavy atom. The van der Waals surface area contributed by atoms with Crippen molar-refractivity contribution in [1.82, 2.24) is 0 Å². The summed E-state index contributed by atoms with van der Waals surface area (Å²) in [5.41, 5.74) is 0. The lowest BCUT2D eigenvalue weighted by molar-refractivity contribution is -0.919. The summed E-state index contributed by atoms with van der Waals surface area (Å²) < 4.78 is 0.998. The van der Waals surface area contributed by atoms with Crippen LogP contribution in [0.4, 0.5) is 0 Å². The summed E-state index contributed by atoms with van der Waals surface area (Å²) in [5, 5.41) is 9.40. The van der Waals surface area contributed by atoms with Crippen LogP contribution in [0.5, 0.6) is 0 Å². The van der Waals surface area contributed by atoms with Gasteiger partial charge >= 0.3 is 0 Å². The van der Waals surface area contributed by atoms with E-state index in [-0.39, 0.29) is 6.10 Å². The summed E-state index contributed by atoms with van der Waals surface area (Å²) in [6.07, 6.45) is 6.69. The van der Waals surface area contributed by atoms with E-state index in [1.807, 2.05) is 6.92 Å². The van der Waals surface area contributed by atoms with Crippen molar-refractivity contribution in [2.45, 2.75) is 51.2 Å². The maximum atomic E-state index is 9.40. The molecule has 1 rings (SSSR count). The average Bonchev–Trinajstić information content (AvgIpc) is 2.04. The first-order valence-corrected chi connectivity index (χ1v) is 5.53. The highest BCUT2D eigenvalue weighted by molar-refractivity contribution is 4.66. The molecule has 2 nitrogen and oxygen atoms in total. The van der Waals surface area contributed by atoms with E-state index < -0.39 is 0 Å². The van der Waals surface area contributed by atoms with Gasteiger partial charge in [-0.05, 0) is 32.6 Å². The fourth-order valence-corrected chi connectivity index (χ4v) is 2.61. The molecule has 2 heteroatoms. The van der Waals surface area contributed by atoms with Gasteiger partial charge in [-0.25, -0.2) is 0 Å². The van der Waals surface area contributed by atoms with Gasteiger partial charge in [-0.15, -0.1) is 0 Å². The predicted molar refractivity (Wildman–Crippen MR) is 55.5 cm³/mol. The lowest BCUT2D eigenvalue weighted by Gasteiger charge is -2.40. The number of likely N-dealkylation sites (N-methyl/N-ethyl adjacent to an activating group) is 1. The minimum absolute atomic E-state index is 0.170. The molecule has 1 aliphatic rings. The van der Waals surface area contributed by atoms with Crippen LogP contribution in [-0.4, -0.2) is 42.4 Å². The van der Waals surface area contributed by atoms with Crippen molar-refractivity contribution in [3.63, 3.8) is 0 Å². The molecule has 1 aliphatic carbocycles. The molecule has 0 amide bonds. The highest BCUT2D eigenvalue weighted by Gasteiger charge is 2.30. The Balaban J connectivity index is 2.45.